The number of nitriles is 1. The standard InChI is InChI=1S/C15H17N3O2S/c16-7-10-6-11(17)3-4-12(10)21(19,20)18-15-13-8-1-2-9(5-8)14(13)15/h3-4,6,8-9,13-15,18H,1-2,5,17H2. The molecule has 21 heavy (non-hydrogen) atoms. The molecule has 0 amide bonds. The largest absolute Gasteiger partial charge is 0.399 e. The van der Waals surface area contributed by atoms with Crippen molar-refractivity contribution < 1.29 is 8.42 Å². The first-order valence-corrected chi connectivity index (χ1v) is 8.81. The highest BCUT2D eigenvalue weighted by molar-refractivity contribution is 7.89. The molecule has 0 radical (unpaired) electrons. The Balaban J connectivity index is 1.60. The molecular formula is C15H17N3O2S. The summed E-state index contributed by atoms with van der Waals surface area (Å²) in [5.74, 6) is 2.46. The molecule has 3 aliphatic rings. The highest BCUT2D eigenvalue weighted by atomic mass is 32.2. The quantitative estimate of drug-likeness (QED) is 0.826. The van der Waals surface area contributed by atoms with Crippen LogP contribution in [0.5, 0.6) is 0 Å². The van der Waals surface area contributed by atoms with Gasteiger partial charge in [-0.3, -0.25) is 0 Å². The van der Waals surface area contributed by atoms with Crippen LogP contribution < -0.4 is 10.5 Å². The van der Waals surface area contributed by atoms with E-state index in [0.29, 0.717) is 29.4 Å². The smallest absolute Gasteiger partial charge is 0.242 e. The highest BCUT2D eigenvalue weighted by Gasteiger charge is 2.65. The highest BCUT2D eigenvalue weighted by Crippen LogP contribution is 2.65. The number of hydrogen-bond donors (Lipinski definition) is 2. The molecule has 4 rings (SSSR count). The molecule has 1 aromatic rings. The molecule has 6 heteroatoms. The van der Waals surface area contributed by atoms with E-state index in [9.17, 15) is 8.42 Å². The number of anilines is 1. The second-order valence-corrected chi connectivity index (χ2v) is 8.18. The van der Waals surface area contributed by atoms with Gasteiger partial charge >= 0.3 is 0 Å². The van der Waals surface area contributed by atoms with Crippen molar-refractivity contribution in [2.24, 2.45) is 23.7 Å². The molecule has 4 unspecified atom stereocenters. The van der Waals surface area contributed by atoms with E-state index in [2.05, 4.69) is 4.72 Å². The molecule has 2 bridgehead atoms. The van der Waals surface area contributed by atoms with Crippen molar-refractivity contribution in [3.05, 3.63) is 23.8 Å². The van der Waals surface area contributed by atoms with Crippen molar-refractivity contribution >= 4 is 15.7 Å². The van der Waals surface area contributed by atoms with Crippen molar-refractivity contribution in [3.63, 3.8) is 0 Å². The third-order valence-corrected chi connectivity index (χ3v) is 6.96. The van der Waals surface area contributed by atoms with E-state index < -0.39 is 10.0 Å². The summed E-state index contributed by atoms with van der Waals surface area (Å²) in [7, 11) is -3.65. The van der Waals surface area contributed by atoms with E-state index in [-0.39, 0.29) is 16.5 Å². The number of benzene rings is 1. The minimum atomic E-state index is -3.65. The number of nitrogens with two attached hydrogens (primary N) is 1. The summed E-state index contributed by atoms with van der Waals surface area (Å²) in [6.07, 6.45) is 3.77. The van der Waals surface area contributed by atoms with Gasteiger partial charge in [-0.2, -0.15) is 5.26 Å². The van der Waals surface area contributed by atoms with Gasteiger partial charge in [0.15, 0.2) is 0 Å². The van der Waals surface area contributed by atoms with Crippen LogP contribution in [0.2, 0.25) is 0 Å². The summed E-state index contributed by atoms with van der Waals surface area (Å²) in [5, 5.41) is 9.11. The van der Waals surface area contributed by atoms with Crippen LogP contribution >= 0.6 is 0 Å². The molecule has 3 N–H and O–H groups in total. The lowest BCUT2D eigenvalue weighted by Gasteiger charge is -2.12. The predicted molar refractivity (Wildman–Crippen MR) is 77.5 cm³/mol. The van der Waals surface area contributed by atoms with Gasteiger partial charge in [0.25, 0.3) is 0 Å². The lowest BCUT2D eigenvalue weighted by Crippen LogP contribution is -2.30. The maximum Gasteiger partial charge on any atom is 0.242 e. The second kappa shape index (κ2) is 4.21. The Kier molecular flexibility index (Phi) is 2.63. The van der Waals surface area contributed by atoms with Gasteiger partial charge in [0.05, 0.1) is 10.5 Å². The number of sulfonamides is 1. The average Bonchev–Trinajstić information content (AvgIpc) is 2.85. The van der Waals surface area contributed by atoms with Gasteiger partial charge in [-0.05, 0) is 61.1 Å². The Labute approximate surface area is 124 Å². The molecular weight excluding hydrogens is 286 g/mol. The van der Waals surface area contributed by atoms with Crippen molar-refractivity contribution in [3.8, 4) is 6.07 Å². The Hall–Kier alpha value is -1.58. The Morgan fingerprint density at radius 3 is 2.52 bits per heavy atom. The molecule has 0 heterocycles. The lowest BCUT2D eigenvalue weighted by atomic mass is 10.0. The molecule has 0 spiro atoms. The van der Waals surface area contributed by atoms with E-state index in [1.165, 1.54) is 37.5 Å². The third kappa shape index (κ3) is 1.88. The van der Waals surface area contributed by atoms with Crippen molar-refractivity contribution in [1.82, 2.24) is 4.72 Å². The number of nitrogen functional groups attached to an aromatic ring is 1. The SMILES string of the molecule is N#Cc1cc(N)ccc1S(=O)(=O)NC1C2C3CCC(C3)C12. The summed E-state index contributed by atoms with van der Waals surface area (Å²) >= 11 is 0. The molecule has 3 fully saturated rings. The van der Waals surface area contributed by atoms with Crippen molar-refractivity contribution in [2.45, 2.75) is 30.2 Å². The number of rotatable bonds is 3. The summed E-state index contributed by atoms with van der Waals surface area (Å²) < 4.78 is 27.9. The van der Waals surface area contributed by atoms with Crippen molar-refractivity contribution in [2.75, 3.05) is 5.73 Å². The molecule has 110 valence electrons. The Bertz CT molecular complexity index is 737. The van der Waals surface area contributed by atoms with Gasteiger partial charge in [0.2, 0.25) is 10.0 Å². The molecule has 0 saturated heterocycles. The fourth-order valence-electron chi connectivity index (χ4n) is 4.60. The first-order chi connectivity index (χ1) is 10.0. The molecule has 3 saturated carbocycles. The third-order valence-electron chi connectivity index (χ3n) is 5.44. The predicted octanol–water partition coefficient (Wildman–Crippen LogP) is 1.46. The van der Waals surface area contributed by atoms with E-state index in [1.807, 2.05) is 6.07 Å². The van der Waals surface area contributed by atoms with Crippen LogP contribution in [-0.4, -0.2) is 14.5 Å². The van der Waals surface area contributed by atoms with E-state index in [0.717, 1.165) is 0 Å². The minimum absolute atomic E-state index is 0.0384. The van der Waals surface area contributed by atoms with Gasteiger partial charge in [-0.25, -0.2) is 13.1 Å². The number of fused-ring (bicyclic) bond motifs is 5. The maximum absolute atomic E-state index is 12.5. The summed E-state index contributed by atoms with van der Waals surface area (Å²) in [6, 6.07) is 6.34. The van der Waals surface area contributed by atoms with Crippen LogP contribution in [0.1, 0.15) is 24.8 Å². The van der Waals surface area contributed by atoms with Crippen molar-refractivity contribution in [1.29, 1.82) is 5.26 Å². The number of hydrogen-bond acceptors (Lipinski definition) is 4. The summed E-state index contributed by atoms with van der Waals surface area (Å²) in [6.45, 7) is 0. The fourth-order valence-corrected chi connectivity index (χ4v) is 6.04. The van der Waals surface area contributed by atoms with Gasteiger partial charge in [0, 0.05) is 11.7 Å². The molecule has 3 aliphatic carbocycles. The minimum Gasteiger partial charge on any atom is -0.399 e. The van der Waals surface area contributed by atoms with Crippen LogP contribution in [0.25, 0.3) is 0 Å². The number of nitrogens with zero attached hydrogens (tertiary/aromatic N) is 1. The zero-order chi connectivity index (χ0) is 14.8. The normalized spacial score (nSPS) is 36.2. The van der Waals surface area contributed by atoms with Crippen LogP contribution in [0.3, 0.4) is 0 Å². The van der Waals surface area contributed by atoms with Gasteiger partial charge < -0.3 is 5.73 Å². The zero-order valence-corrected chi connectivity index (χ0v) is 12.3. The van der Waals surface area contributed by atoms with Crippen LogP contribution in [0.15, 0.2) is 23.1 Å². The van der Waals surface area contributed by atoms with Crippen LogP contribution in [0, 0.1) is 35.0 Å². The average molecular weight is 303 g/mol. The molecule has 0 aromatic heterocycles. The summed E-state index contributed by atoms with van der Waals surface area (Å²) in [5.41, 5.74) is 6.12. The molecule has 0 aliphatic heterocycles. The van der Waals surface area contributed by atoms with E-state index in [4.69, 9.17) is 11.0 Å². The lowest BCUT2D eigenvalue weighted by molar-refractivity contribution is 0.456. The second-order valence-electron chi connectivity index (χ2n) is 6.50. The maximum atomic E-state index is 12.5. The van der Waals surface area contributed by atoms with Gasteiger partial charge in [0.1, 0.15) is 6.07 Å². The monoisotopic (exact) mass is 303 g/mol. The first kappa shape index (κ1) is 13.1. The number of nitrogens with one attached hydrogen (secondary N) is 1. The Morgan fingerprint density at radius 1 is 1.24 bits per heavy atom. The Morgan fingerprint density at radius 2 is 1.90 bits per heavy atom. The van der Waals surface area contributed by atoms with E-state index >= 15 is 0 Å². The molecule has 5 nitrogen and oxygen atoms in total. The summed E-state index contributed by atoms with van der Waals surface area (Å²) in [4.78, 5) is 0.0384. The van der Waals surface area contributed by atoms with Crippen LogP contribution in [-0.2, 0) is 10.0 Å². The topological polar surface area (TPSA) is 96.0 Å². The fraction of sp³-hybridized carbons (Fsp3) is 0.533. The van der Waals surface area contributed by atoms with E-state index in [1.54, 1.807) is 0 Å². The molecule has 4 atom stereocenters. The van der Waals surface area contributed by atoms with Gasteiger partial charge in [-0.1, -0.05) is 0 Å². The zero-order valence-electron chi connectivity index (χ0n) is 11.5. The van der Waals surface area contributed by atoms with Gasteiger partial charge in [-0.15, -0.1) is 0 Å². The first-order valence-electron chi connectivity index (χ1n) is 7.33. The van der Waals surface area contributed by atoms with Crippen LogP contribution in [0.4, 0.5) is 5.69 Å². The molecule has 1 aromatic carbocycles.